The number of hydrogen-bond donors (Lipinski definition) is 0. The molecule has 0 saturated carbocycles. The van der Waals surface area contributed by atoms with Crippen molar-refractivity contribution in [3.8, 4) is 0 Å². The molecule has 0 unspecified atom stereocenters. The molecule has 3 heteroatoms. The van der Waals surface area contributed by atoms with Gasteiger partial charge in [-0.15, -0.1) is 0 Å². The van der Waals surface area contributed by atoms with Gasteiger partial charge in [-0.1, -0.05) is 60.2 Å². The van der Waals surface area contributed by atoms with Gasteiger partial charge in [-0.2, -0.15) is 0 Å². The summed E-state index contributed by atoms with van der Waals surface area (Å²) in [6.45, 7) is 7.93. The lowest BCUT2D eigenvalue weighted by atomic mass is 9.79. The molecule has 0 fully saturated rings. The standard InChI is InChI=1S/C24H27NO2/c1-17-14-20(18-10-6-5-7-11-18)24(15-17)16-19-12-8-9-13-21(19)25(24)22(26)27-23(2,3)4/h5-13,15,20H,14,16H2,1-4H3/t20-,24+/m1/s1. The molecule has 2 aromatic carbocycles. The molecule has 140 valence electrons. The zero-order chi connectivity index (χ0) is 19.2. The summed E-state index contributed by atoms with van der Waals surface area (Å²) in [5.41, 5.74) is 3.83. The SMILES string of the molecule is CC1=C[C@]2(Cc3ccccc3N2C(=O)OC(C)(C)C)[C@@H](c2ccccc2)C1. The summed E-state index contributed by atoms with van der Waals surface area (Å²) in [6, 6.07) is 18.8. The van der Waals surface area contributed by atoms with Crippen LogP contribution in [0.1, 0.15) is 51.2 Å². The van der Waals surface area contributed by atoms with Crippen molar-refractivity contribution in [1.82, 2.24) is 0 Å². The molecule has 3 nitrogen and oxygen atoms in total. The van der Waals surface area contributed by atoms with Crippen LogP contribution in [-0.4, -0.2) is 17.2 Å². The fourth-order valence-electron chi connectivity index (χ4n) is 4.63. The second kappa shape index (κ2) is 6.26. The van der Waals surface area contributed by atoms with Gasteiger partial charge in [-0.05, 0) is 51.3 Å². The molecule has 1 amide bonds. The molecule has 2 aromatic rings. The fraction of sp³-hybridized carbons (Fsp3) is 0.375. The van der Waals surface area contributed by atoms with E-state index in [1.165, 1.54) is 16.7 Å². The van der Waals surface area contributed by atoms with Gasteiger partial charge in [0, 0.05) is 12.3 Å². The zero-order valence-electron chi connectivity index (χ0n) is 16.5. The average molecular weight is 361 g/mol. The van der Waals surface area contributed by atoms with E-state index >= 15 is 0 Å². The minimum atomic E-state index is -0.532. The van der Waals surface area contributed by atoms with Gasteiger partial charge >= 0.3 is 6.09 Å². The Morgan fingerprint density at radius 2 is 1.74 bits per heavy atom. The second-order valence-electron chi connectivity index (χ2n) is 8.77. The normalized spacial score (nSPS) is 24.1. The number of carbonyl (C=O) groups is 1. The van der Waals surface area contributed by atoms with E-state index in [4.69, 9.17) is 4.74 Å². The second-order valence-corrected chi connectivity index (χ2v) is 8.77. The highest BCUT2D eigenvalue weighted by molar-refractivity contribution is 5.94. The van der Waals surface area contributed by atoms with E-state index in [2.05, 4.69) is 43.3 Å². The number of amides is 1. The molecule has 27 heavy (non-hydrogen) atoms. The first-order valence-corrected chi connectivity index (χ1v) is 9.64. The Hall–Kier alpha value is -2.55. The number of rotatable bonds is 1. The number of fused-ring (bicyclic) bond motifs is 1. The average Bonchev–Trinajstić information content (AvgIpc) is 3.10. The van der Waals surface area contributed by atoms with Crippen LogP contribution in [0.3, 0.4) is 0 Å². The summed E-state index contributed by atoms with van der Waals surface area (Å²) in [4.78, 5) is 15.3. The van der Waals surface area contributed by atoms with Crippen molar-refractivity contribution in [3.63, 3.8) is 0 Å². The molecule has 1 aliphatic heterocycles. The monoisotopic (exact) mass is 361 g/mol. The van der Waals surface area contributed by atoms with Crippen molar-refractivity contribution in [2.45, 2.75) is 57.6 Å². The van der Waals surface area contributed by atoms with Gasteiger partial charge in [0.1, 0.15) is 5.60 Å². The van der Waals surface area contributed by atoms with E-state index in [0.29, 0.717) is 0 Å². The smallest absolute Gasteiger partial charge is 0.415 e. The van der Waals surface area contributed by atoms with Crippen molar-refractivity contribution in [2.24, 2.45) is 0 Å². The molecule has 4 rings (SSSR count). The summed E-state index contributed by atoms with van der Waals surface area (Å²) in [6.07, 6.45) is 3.81. The van der Waals surface area contributed by atoms with Gasteiger partial charge in [0.2, 0.25) is 0 Å². The number of carbonyl (C=O) groups excluding carboxylic acids is 1. The third-order valence-electron chi connectivity index (χ3n) is 5.53. The first-order chi connectivity index (χ1) is 12.8. The molecular weight excluding hydrogens is 334 g/mol. The summed E-state index contributed by atoms with van der Waals surface area (Å²) in [5.74, 6) is 0.221. The molecular formula is C24H27NO2. The third-order valence-corrected chi connectivity index (χ3v) is 5.53. The van der Waals surface area contributed by atoms with E-state index < -0.39 is 11.1 Å². The number of anilines is 1. The topological polar surface area (TPSA) is 29.5 Å². The van der Waals surface area contributed by atoms with Crippen LogP contribution in [0.25, 0.3) is 0 Å². The van der Waals surface area contributed by atoms with Crippen LogP contribution in [0, 0.1) is 0 Å². The van der Waals surface area contributed by atoms with Gasteiger partial charge in [0.05, 0.1) is 11.2 Å². The summed E-state index contributed by atoms with van der Waals surface area (Å²) in [5, 5.41) is 0. The number of ether oxygens (including phenoxy) is 1. The van der Waals surface area contributed by atoms with E-state index in [1.807, 2.05) is 49.9 Å². The number of allylic oxidation sites excluding steroid dienone is 1. The maximum atomic E-state index is 13.3. The molecule has 0 saturated heterocycles. The van der Waals surface area contributed by atoms with Crippen LogP contribution in [0.4, 0.5) is 10.5 Å². The maximum Gasteiger partial charge on any atom is 0.415 e. The highest BCUT2D eigenvalue weighted by Crippen LogP contribution is 2.53. The van der Waals surface area contributed by atoms with Crippen LogP contribution in [0.5, 0.6) is 0 Å². The third kappa shape index (κ3) is 3.05. The highest BCUT2D eigenvalue weighted by atomic mass is 16.6. The molecule has 0 bridgehead atoms. The molecule has 0 N–H and O–H groups in total. The number of benzene rings is 2. The quantitative estimate of drug-likeness (QED) is 0.596. The van der Waals surface area contributed by atoms with Crippen molar-refractivity contribution < 1.29 is 9.53 Å². The van der Waals surface area contributed by atoms with Gasteiger partial charge in [-0.3, -0.25) is 4.90 Å². The Morgan fingerprint density at radius 1 is 1.07 bits per heavy atom. The van der Waals surface area contributed by atoms with Crippen LogP contribution in [0.15, 0.2) is 66.2 Å². The minimum Gasteiger partial charge on any atom is -0.443 e. The molecule has 0 aromatic heterocycles. The largest absolute Gasteiger partial charge is 0.443 e. The number of hydrogen-bond acceptors (Lipinski definition) is 2. The van der Waals surface area contributed by atoms with Gasteiger partial charge in [0.15, 0.2) is 0 Å². The lowest BCUT2D eigenvalue weighted by Gasteiger charge is -2.40. The number of nitrogens with zero attached hydrogens (tertiary/aromatic N) is 1. The van der Waals surface area contributed by atoms with Crippen LogP contribution >= 0.6 is 0 Å². The number of para-hydroxylation sites is 1. The first-order valence-electron chi connectivity index (χ1n) is 9.64. The Kier molecular flexibility index (Phi) is 4.14. The van der Waals surface area contributed by atoms with Crippen LogP contribution in [-0.2, 0) is 11.2 Å². The van der Waals surface area contributed by atoms with Crippen molar-refractivity contribution in [3.05, 3.63) is 77.4 Å². The summed E-state index contributed by atoms with van der Waals surface area (Å²) < 4.78 is 5.84. The van der Waals surface area contributed by atoms with E-state index in [1.54, 1.807) is 0 Å². The molecule has 2 atom stereocenters. The van der Waals surface area contributed by atoms with Gasteiger partial charge < -0.3 is 4.74 Å². The fourth-order valence-corrected chi connectivity index (χ4v) is 4.63. The Morgan fingerprint density at radius 3 is 2.44 bits per heavy atom. The van der Waals surface area contributed by atoms with E-state index in [0.717, 1.165) is 18.5 Å². The summed E-state index contributed by atoms with van der Waals surface area (Å²) in [7, 11) is 0. The predicted molar refractivity (Wildman–Crippen MR) is 109 cm³/mol. The van der Waals surface area contributed by atoms with E-state index in [-0.39, 0.29) is 12.0 Å². The molecule has 0 radical (unpaired) electrons. The predicted octanol–water partition coefficient (Wildman–Crippen LogP) is 5.86. The van der Waals surface area contributed by atoms with Crippen LogP contribution < -0.4 is 4.90 Å². The Labute approximate surface area is 161 Å². The Balaban J connectivity index is 1.85. The minimum absolute atomic E-state index is 0.221. The highest BCUT2D eigenvalue weighted by Gasteiger charge is 2.54. The van der Waals surface area contributed by atoms with Crippen molar-refractivity contribution in [2.75, 3.05) is 4.90 Å². The molecule has 1 spiro atoms. The van der Waals surface area contributed by atoms with Crippen LogP contribution in [0.2, 0.25) is 0 Å². The maximum absolute atomic E-state index is 13.3. The van der Waals surface area contributed by atoms with Crippen molar-refractivity contribution >= 4 is 11.8 Å². The zero-order valence-corrected chi connectivity index (χ0v) is 16.5. The first kappa shape index (κ1) is 17.8. The lowest BCUT2D eigenvalue weighted by molar-refractivity contribution is 0.0549. The van der Waals surface area contributed by atoms with Crippen molar-refractivity contribution in [1.29, 1.82) is 0 Å². The summed E-state index contributed by atoms with van der Waals surface area (Å²) >= 11 is 0. The van der Waals surface area contributed by atoms with E-state index in [9.17, 15) is 4.79 Å². The van der Waals surface area contributed by atoms with Gasteiger partial charge in [-0.25, -0.2) is 4.79 Å². The Bertz CT molecular complexity index is 894. The molecule has 1 heterocycles. The lowest BCUT2D eigenvalue weighted by Crippen LogP contribution is -2.52. The molecule has 2 aliphatic rings. The van der Waals surface area contributed by atoms with Gasteiger partial charge in [0.25, 0.3) is 0 Å². The molecule has 1 aliphatic carbocycles.